The molecule has 5 rings (SSSR count). The number of nitrogens with zero attached hydrogens (tertiary/aromatic N) is 2. The van der Waals surface area contributed by atoms with Gasteiger partial charge in [-0.1, -0.05) is 24.3 Å². The minimum absolute atomic E-state index is 0.0472. The van der Waals surface area contributed by atoms with E-state index in [0.29, 0.717) is 19.2 Å². The molecule has 1 saturated carbocycles. The number of carbonyl (C=O) groups is 1. The van der Waals surface area contributed by atoms with Gasteiger partial charge in [0.25, 0.3) is 0 Å². The van der Waals surface area contributed by atoms with Crippen LogP contribution < -0.4 is 10.1 Å². The molecule has 1 saturated heterocycles. The van der Waals surface area contributed by atoms with Gasteiger partial charge in [0.1, 0.15) is 11.5 Å². The molecule has 2 N–H and O–H groups in total. The van der Waals surface area contributed by atoms with Crippen molar-refractivity contribution in [3.8, 4) is 11.5 Å². The highest BCUT2D eigenvalue weighted by atomic mass is 16.5. The van der Waals surface area contributed by atoms with Crippen LogP contribution in [0, 0.1) is 0 Å². The van der Waals surface area contributed by atoms with Gasteiger partial charge in [-0.05, 0) is 54.7 Å². The molecule has 1 amide bonds. The predicted molar refractivity (Wildman–Crippen MR) is 125 cm³/mol. The van der Waals surface area contributed by atoms with E-state index in [2.05, 4.69) is 27.2 Å². The number of amides is 1. The Bertz CT molecular complexity index is 964. The molecule has 33 heavy (non-hydrogen) atoms. The number of fused-ring (bicyclic) bond motifs is 5. The molecule has 4 bridgehead atoms. The molecule has 2 aliphatic heterocycles. The third kappa shape index (κ3) is 5.92. The monoisotopic (exact) mass is 451 g/mol. The van der Waals surface area contributed by atoms with Crippen LogP contribution in [-0.4, -0.2) is 71.8 Å². The van der Waals surface area contributed by atoms with Gasteiger partial charge in [0.2, 0.25) is 5.91 Å². The van der Waals surface area contributed by atoms with Crippen molar-refractivity contribution in [3.63, 3.8) is 0 Å². The van der Waals surface area contributed by atoms with Gasteiger partial charge in [-0.15, -0.1) is 0 Å². The SMILES string of the molecule is O=C1CN(C2CC2)Cc2cccc(c2)Oc2cccc(c2)CO[C@H]2CN(CCCO)C[C@@H]2N1. The summed E-state index contributed by atoms with van der Waals surface area (Å²) < 4.78 is 12.5. The number of carbonyl (C=O) groups excluding carboxylic acids is 1. The van der Waals surface area contributed by atoms with Crippen molar-refractivity contribution in [1.82, 2.24) is 15.1 Å². The van der Waals surface area contributed by atoms with Crippen LogP contribution in [0.25, 0.3) is 0 Å². The third-order valence-electron chi connectivity index (χ3n) is 6.61. The minimum Gasteiger partial charge on any atom is -0.457 e. The molecule has 176 valence electrons. The Kier molecular flexibility index (Phi) is 6.92. The summed E-state index contributed by atoms with van der Waals surface area (Å²) in [5.74, 6) is 1.64. The van der Waals surface area contributed by atoms with Crippen LogP contribution in [0.4, 0.5) is 0 Å². The molecular weight excluding hydrogens is 418 g/mol. The van der Waals surface area contributed by atoms with Crippen LogP contribution in [0.1, 0.15) is 30.4 Å². The Labute approximate surface area is 195 Å². The Morgan fingerprint density at radius 2 is 1.76 bits per heavy atom. The second-order valence-corrected chi connectivity index (χ2v) is 9.39. The van der Waals surface area contributed by atoms with Crippen LogP contribution in [0.3, 0.4) is 0 Å². The Morgan fingerprint density at radius 1 is 1.00 bits per heavy atom. The molecule has 7 nitrogen and oxygen atoms in total. The molecule has 0 radical (unpaired) electrons. The average molecular weight is 452 g/mol. The fourth-order valence-electron chi connectivity index (χ4n) is 4.81. The molecule has 1 aliphatic carbocycles. The largest absolute Gasteiger partial charge is 0.457 e. The first-order valence-corrected chi connectivity index (χ1v) is 12.0. The van der Waals surface area contributed by atoms with Gasteiger partial charge in [0.15, 0.2) is 0 Å². The van der Waals surface area contributed by atoms with E-state index in [1.54, 1.807) is 0 Å². The first kappa shape index (κ1) is 22.3. The summed E-state index contributed by atoms with van der Waals surface area (Å²) in [5, 5.41) is 12.5. The standard InChI is InChI=1S/C26H33N3O4/c30-11-3-10-28-15-24-25(16-28)32-18-20-5-2-7-23(13-20)33-22-6-1-4-19(12-22)14-29(21-8-9-21)17-26(31)27-24/h1-2,4-7,12-13,21,24-25,30H,3,8-11,14-18H2,(H,27,31)/t24-,25-/m0/s1. The second kappa shape index (κ2) is 10.2. The highest BCUT2D eigenvalue weighted by Gasteiger charge is 2.36. The predicted octanol–water partition coefficient (Wildman–Crippen LogP) is 2.52. The number of rotatable bonds is 4. The maximum Gasteiger partial charge on any atom is 0.234 e. The highest BCUT2D eigenvalue weighted by Crippen LogP contribution is 2.30. The van der Waals surface area contributed by atoms with Crippen molar-refractivity contribution in [1.29, 1.82) is 0 Å². The van der Waals surface area contributed by atoms with Crippen LogP contribution in [-0.2, 0) is 22.7 Å². The summed E-state index contributed by atoms with van der Waals surface area (Å²) in [6.45, 7) is 4.02. The first-order chi connectivity index (χ1) is 16.2. The van der Waals surface area contributed by atoms with Crippen molar-refractivity contribution in [2.75, 3.05) is 32.8 Å². The highest BCUT2D eigenvalue weighted by molar-refractivity contribution is 5.78. The summed E-state index contributed by atoms with van der Waals surface area (Å²) in [6.07, 6.45) is 2.91. The topological polar surface area (TPSA) is 74.3 Å². The van der Waals surface area contributed by atoms with Gasteiger partial charge >= 0.3 is 0 Å². The third-order valence-corrected chi connectivity index (χ3v) is 6.61. The summed E-state index contributed by atoms with van der Waals surface area (Å²) in [7, 11) is 0. The van der Waals surface area contributed by atoms with Gasteiger partial charge in [0.05, 0.1) is 25.3 Å². The fourth-order valence-corrected chi connectivity index (χ4v) is 4.81. The molecule has 2 heterocycles. The number of aliphatic hydroxyl groups excluding tert-OH is 1. The summed E-state index contributed by atoms with van der Waals surface area (Å²) in [5.41, 5.74) is 2.18. The van der Waals surface area contributed by atoms with Crippen LogP contribution in [0.5, 0.6) is 11.5 Å². The molecule has 3 aliphatic rings. The molecule has 2 aromatic rings. The number of ether oxygens (including phenoxy) is 2. The van der Waals surface area contributed by atoms with Gasteiger partial charge in [-0.2, -0.15) is 0 Å². The number of hydrogen-bond acceptors (Lipinski definition) is 6. The van der Waals surface area contributed by atoms with Crippen LogP contribution in [0.15, 0.2) is 48.5 Å². The normalized spacial score (nSPS) is 24.7. The van der Waals surface area contributed by atoms with Gasteiger partial charge < -0.3 is 19.9 Å². The smallest absolute Gasteiger partial charge is 0.234 e. The lowest BCUT2D eigenvalue weighted by Crippen LogP contribution is -2.48. The summed E-state index contributed by atoms with van der Waals surface area (Å²) >= 11 is 0. The Hall–Kier alpha value is -2.45. The lowest BCUT2D eigenvalue weighted by atomic mass is 10.1. The second-order valence-electron chi connectivity index (χ2n) is 9.39. The van der Waals surface area contributed by atoms with Crippen LogP contribution in [0.2, 0.25) is 0 Å². The Balaban J connectivity index is 1.39. The molecule has 2 atom stereocenters. The van der Waals surface area contributed by atoms with Gasteiger partial charge in [-0.3, -0.25) is 14.6 Å². The van der Waals surface area contributed by atoms with Gasteiger partial charge in [-0.25, -0.2) is 0 Å². The molecular formula is C26H33N3O4. The summed E-state index contributed by atoms with van der Waals surface area (Å²) in [4.78, 5) is 17.6. The van der Waals surface area contributed by atoms with E-state index < -0.39 is 0 Å². The van der Waals surface area contributed by atoms with E-state index in [9.17, 15) is 9.90 Å². The lowest BCUT2D eigenvalue weighted by Gasteiger charge is -2.25. The van der Waals surface area contributed by atoms with Crippen molar-refractivity contribution in [2.45, 2.75) is 50.6 Å². The van der Waals surface area contributed by atoms with E-state index in [1.807, 2.05) is 36.4 Å². The number of likely N-dealkylation sites (tertiary alicyclic amines) is 1. The summed E-state index contributed by atoms with van der Waals surface area (Å²) in [6, 6.07) is 16.5. The van der Waals surface area contributed by atoms with Crippen LogP contribution >= 0.6 is 0 Å². The molecule has 2 fully saturated rings. The maximum atomic E-state index is 13.1. The van der Waals surface area contributed by atoms with E-state index in [-0.39, 0.29) is 24.7 Å². The molecule has 2 aromatic carbocycles. The van der Waals surface area contributed by atoms with E-state index in [0.717, 1.165) is 68.1 Å². The van der Waals surface area contributed by atoms with E-state index in [1.165, 1.54) is 0 Å². The fraction of sp³-hybridized carbons (Fsp3) is 0.500. The van der Waals surface area contributed by atoms with E-state index >= 15 is 0 Å². The van der Waals surface area contributed by atoms with Crippen molar-refractivity contribution in [3.05, 3.63) is 59.7 Å². The molecule has 0 spiro atoms. The number of hydrogen-bond donors (Lipinski definition) is 2. The van der Waals surface area contributed by atoms with Crippen molar-refractivity contribution in [2.24, 2.45) is 0 Å². The molecule has 0 unspecified atom stereocenters. The molecule has 0 aromatic heterocycles. The zero-order valence-electron chi connectivity index (χ0n) is 19.0. The quantitative estimate of drug-likeness (QED) is 0.744. The average Bonchev–Trinajstić information content (AvgIpc) is 3.58. The zero-order chi connectivity index (χ0) is 22.6. The van der Waals surface area contributed by atoms with Crippen molar-refractivity contribution >= 4 is 5.91 Å². The number of aliphatic hydroxyl groups is 1. The number of nitrogens with one attached hydrogen (secondary N) is 1. The van der Waals surface area contributed by atoms with Gasteiger partial charge in [0, 0.05) is 38.8 Å². The first-order valence-electron chi connectivity index (χ1n) is 12.0. The zero-order valence-corrected chi connectivity index (χ0v) is 19.0. The van der Waals surface area contributed by atoms with E-state index in [4.69, 9.17) is 9.47 Å². The Morgan fingerprint density at radius 3 is 2.52 bits per heavy atom. The molecule has 7 heteroatoms. The van der Waals surface area contributed by atoms with Crippen molar-refractivity contribution < 1.29 is 19.4 Å². The number of benzene rings is 2. The minimum atomic E-state index is -0.0905. The maximum absolute atomic E-state index is 13.1. The lowest BCUT2D eigenvalue weighted by molar-refractivity contribution is -0.124.